The van der Waals surface area contributed by atoms with Gasteiger partial charge in [0, 0.05) is 6.42 Å². The summed E-state index contributed by atoms with van der Waals surface area (Å²) in [5.41, 5.74) is 0.738. The van der Waals surface area contributed by atoms with Gasteiger partial charge in [0.05, 0.1) is 12.7 Å². The van der Waals surface area contributed by atoms with E-state index in [-0.39, 0.29) is 12.0 Å². The van der Waals surface area contributed by atoms with Gasteiger partial charge in [0.2, 0.25) is 5.91 Å². The molecule has 1 unspecified atom stereocenters. The number of fused-ring (bicyclic) bond motifs is 5. The highest BCUT2D eigenvalue weighted by molar-refractivity contribution is 5.83. The number of carbonyl (C=O) groups excluding carboxylic acids is 1. The van der Waals surface area contributed by atoms with E-state index in [1.807, 2.05) is 0 Å². The summed E-state index contributed by atoms with van der Waals surface area (Å²) in [7, 11) is 0. The van der Waals surface area contributed by atoms with Crippen molar-refractivity contribution in [2.75, 3.05) is 6.61 Å². The molecule has 4 aliphatic rings. The standard InChI is InChI=1S/C27H45NO5/c1-16(4-9-24(31)28-23(15-29)25(32)33)20-7-8-21-19-6-5-17-14-18(30)10-12-26(17,2)22(19)11-13-27(20,21)3/h16-23,29-30H,4-15H2,1-3H3,(H,28,31)(H,32,33)/t16-,17-,18-,19+,20-,21?,22+,23+,26+,27-/m1/s1. The zero-order valence-electron chi connectivity index (χ0n) is 20.8. The summed E-state index contributed by atoms with van der Waals surface area (Å²) in [4.78, 5) is 23.3. The van der Waals surface area contributed by atoms with Crippen molar-refractivity contribution < 1.29 is 24.9 Å². The van der Waals surface area contributed by atoms with E-state index in [1.165, 1.54) is 44.9 Å². The van der Waals surface area contributed by atoms with Crippen LogP contribution in [0.25, 0.3) is 0 Å². The monoisotopic (exact) mass is 463 g/mol. The number of amides is 1. The van der Waals surface area contributed by atoms with Gasteiger partial charge in [0.15, 0.2) is 0 Å². The highest BCUT2D eigenvalue weighted by Gasteiger charge is 2.60. The predicted octanol–water partition coefficient (Wildman–Crippen LogP) is 3.98. The Morgan fingerprint density at radius 3 is 2.39 bits per heavy atom. The molecule has 6 nitrogen and oxygen atoms in total. The summed E-state index contributed by atoms with van der Waals surface area (Å²) in [6.07, 6.45) is 11.9. The number of aliphatic hydroxyl groups excluding tert-OH is 2. The van der Waals surface area contributed by atoms with Crippen molar-refractivity contribution in [2.45, 2.75) is 104 Å². The fraction of sp³-hybridized carbons (Fsp3) is 0.926. The average molecular weight is 464 g/mol. The van der Waals surface area contributed by atoms with Crippen LogP contribution in [0.5, 0.6) is 0 Å². The molecule has 0 aromatic heterocycles. The number of rotatable bonds is 7. The molecule has 188 valence electrons. The Hall–Kier alpha value is -1.14. The van der Waals surface area contributed by atoms with E-state index in [4.69, 9.17) is 10.2 Å². The molecule has 4 N–H and O–H groups in total. The van der Waals surface area contributed by atoms with E-state index in [1.54, 1.807) is 0 Å². The van der Waals surface area contributed by atoms with Crippen LogP contribution in [0.1, 0.15) is 91.4 Å². The summed E-state index contributed by atoms with van der Waals surface area (Å²) < 4.78 is 0. The largest absolute Gasteiger partial charge is 0.480 e. The van der Waals surface area contributed by atoms with Crippen molar-refractivity contribution >= 4 is 11.9 Å². The molecule has 0 radical (unpaired) electrons. The van der Waals surface area contributed by atoms with Gasteiger partial charge in [-0.2, -0.15) is 0 Å². The lowest BCUT2D eigenvalue weighted by molar-refractivity contribution is -0.143. The van der Waals surface area contributed by atoms with Crippen molar-refractivity contribution in [3.63, 3.8) is 0 Å². The number of hydrogen-bond donors (Lipinski definition) is 4. The van der Waals surface area contributed by atoms with Crippen molar-refractivity contribution in [1.29, 1.82) is 0 Å². The van der Waals surface area contributed by atoms with Crippen LogP contribution in [0.3, 0.4) is 0 Å². The Labute approximate surface area is 198 Å². The predicted molar refractivity (Wildman–Crippen MR) is 126 cm³/mol. The zero-order valence-corrected chi connectivity index (χ0v) is 20.8. The highest BCUT2D eigenvalue weighted by atomic mass is 16.4. The molecular formula is C27H45NO5. The normalized spacial score (nSPS) is 44.2. The summed E-state index contributed by atoms with van der Waals surface area (Å²) in [6, 6.07) is -1.21. The minimum absolute atomic E-state index is 0.0921. The first kappa shape index (κ1) is 25.0. The first-order valence-corrected chi connectivity index (χ1v) is 13.4. The second kappa shape index (κ2) is 9.49. The molecule has 4 fully saturated rings. The molecule has 10 atom stereocenters. The molecule has 0 aromatic carbocycles. The van der Waals surface area contributed by atoms with Gasteiger partial charge in [-0.25, -0.2) is 4.79 Å². The molecule has 4 saturated carbocycles. The van der Waals surface area contributed by atoms with Crippen LogP contribution in [0, 0.1) is 46.3 Å². The van der Waals surface area contributed by atoms with Crippen LogP contribution in [-0.2, 0) is 9.59 Å². The molecule has 0 heterocycles. The van der Waals surface area contributed by atoms with Crippen LogP contribution in [0.15, 0.2) is 0 Å². The molecule has 0 aliphatic heterocycles. The molecule has 0 spiro atoms. The number of nitrogens with one attached hydrogen (secondary N) is 1. The number of hydrogen-bond acceptors (Lipinski definition) is 4. The van der Waals surface area contributed by atoms with E-state index in [0.29, 0.717) is 35.0 Å². The number of carbonyl (C=O) groups is 2. The smallest absolute Gasteiger partial charge is 0.328 e. The Morgan fingerprint density at radius 1 is 1.00 bits per heavy atom. The lowest BCUT2D eigenvalue weighted by Gasteiger charge is -2.61. The number of carboxylic acids is 1. The minimum Gasteiger partial charge on any atom is -0.480 e. The number of carboxylic acid groups (broad SMARTS) is 1. The van der Waals surface area contributed by atoms with Crippen molar-refractivity contribution in [2.24, 2.45) is 46.3 Å². The van der Waals surface area contributed by atoms with Gasteiger partial charge >= 0.3 is 5.97 Å². The van der Waals surface area contributed by atoms with Gasteiger partial charge in [-0.3, -0.25) is 4.79 Å². The molecule has 4 aliphatic carbocycles. The highest BCUT2D eigenvalue weighted by Crippen LogP contribution is 2.68. The van der Waals surface area contributed by atoms with Gasteiger partial charge in [-0.05, 0) is 111 Å². The summed E-state index contributed by atoms with van der Waals surface area (Å²) in [5, 5.41) is 30.9. The number of aliphatic hydroxyl groups is 2. The molecular weight excluding hydrogens is 418 g/mol. The van der Waals surface area contributed by atoms with Gasteiger partial charge < -0.3 is 20.6 Å². The Morgan fingerprint density at radius 2 is 1.70 bits per heavy atom. The lowest BCUT2D eigenvalue weighted by Crippen LogP contribution is -2.54. The zero-order chi connectivity index (χ0) is 24.0. The van der Waals surface area contributed by atoms with Crippen LogP contribution < -0.4 is 5.32 Å². The fourth-order valence-corrected chi connectivity index (χ4v) is 9.22. The first-order chi connectivity index (χ1) is 15.6. The quantitative estimate of drug-likeness (QED) is 0.457. The van der Waals surface area contributed by atoms with E-state index >= 15 is 0 Å². The topological polar surface area (TPSA) is 107 Å². The third-order valence-corrected chi connectivity index (χ3v) is 11.0. The third-order valence-electron chi connectivity index (χ3n) is 11.0. The molecule has 33 heavy (non-hydrogen) atoms. The first-order valence-electron chi connectivity index (χ1n) is 13.4. The van der Waals surface area contributed by atoms with Gasteiger partial charge in [-0.15, -0.1) is 0 Å². The van der Waals surface area contributed by atoms with Crippen LogP contribution >= 0.6 is 0 Å². The van der Waals surface area contributed by atoms with E-state index in [2.05, 4.69) is 26.1 Å². The Bertz CT molecular complexity index is 742. The van der Waals surface area contributed by atoms with Crippen LogP contribution in [-0.4, -0.2) is 45.9 Å². The Balaban J connectivity index is 1.38. The van der Waals surface area contributed by atoms with E-state index in [0.717, 1.165) is 37.0 Å². The lowest BCUT2D eigenvalue weighted by atomic mass is 9.44. The summed E-state index contributed by atoms with van der Waals surface area (Å²) in [6.45, 7) is 6.75. The second-order valence-electron chi connectivity index (χ2n) is 12.5. The molecule has 0 aromatic rings. The van der Waals surface area contributed by atoms with Crippen molar-refractivity contribution in [3.8, 4) is 0 Å². The molecule has 0 saturated heterocycles. The Kier molecular flexibility index (Phi) is 7.18. The van der Waals surface area contributed by atoms with Crippen molar-refractivity contribution in [1.82, 2.24) is 5.32 Å². The van der Waals surface area contributed by atoms with Crippen molar-refractivity contribution in [3.05, 3.63) is 0 Å². The molecule has 0 bridgehead atoms. The minimum atomic E-state index is -1.21. The van der Waals surface area contributed by atoms with Crippen LogP contribution in [0.4, 0.5) is 0 Å². The second-order valence-corrected chi connectivity index (χ2v) is 12.5. The molecule has 6 heteroatoms. The van der Waals surface area contributed by atoms with Gasteiger partial charge in [0.25, 0.3) is 0 Å². The third kappa shape index (κ3) is 4.47. The van der Waals surface area contributed by atoms with Gasteiger partial charge in [0.1, 0.15) is 6.04 Å². The maximum absolute atomic E-state index is 12.3. The van der Waals surface area contributed by atoms with E-state index in [9.17, 15) is 14.7 Å². The summed E-state index contributed by atoms with van der Waals surface area (Å²) >= 11 is 0. The average Bonchev–Trinajstić information content (AvgIpc) is 3.13. The van der Waals surface area contributed by atoms with E-state index < -0.39 is 18.6 Å². The SMILES string of the molecule is C[C@H](CCC(=O)N[C@@H](CO)C(=O)O)[C@H]1CCC2[C@@H]3CC[C@@H]4C[C@H](O)CC[C@]4(C)[C@H]3CC[C@@]21C. The van der Waals surface area contributed by atoms with Gasteiger partial charge in [-0.1, -0.05) is 20.8 Å². The summed E-state index contributed by atoms with van der Waals surface area (Å²) in [5.74, 6) is 2.63. The fourth-order valence-electron chi connectivity index (χ4n) is 9.22. The molecule has 1 amide bonds. The maximum atomic E-state index is 12.3. The molecule has 4 rings (SSSR count). The maximum Gasteiger partial charge on any atom is 0.328 e. The number of aliphatic carboxylic acids is 1. The van der Waals surface area contributed by atoms with Crippen LogP contribution in [0.2, 0.25) is 0 Å².